The van der Waals surface area contributed by atoms with Crippen molar-refractivity contribution in [2.24, 2.45) is 0 Å². The van der Waals surface area contributed by atoms with E-state index in [0.717, 1.165) is 12.1 Å². The number of hydrogen-bond acceptors (Lipinski definition) is 3. The maximum absolute atomic E-state index is 4.09. The zero-order chi connectivity index (χ0) is 9.80. The third kappa shape index (κ3) is 2.12. The Kier molecular flexibility index (Phi) is 2.79. The van der Waals surface area contributed by atoms with Gasteiger partial charge in [-0.1, -0.05) is 12.1 Å². The van der Waals surface area contributed by atoms with Crippen LogP contribution in [0.2, 0.25) is 0 Å². The summed E-state index contributed by atoms with van der Waals surface area (Å²) in [7, 11) is 1.94. The van der Waals surface area contributed by atoms with E-state index in [-0.39, 0.29) is 0 Å². The Bertz CT molecular complexity index is 395. The smallest absolute Gasteiger partial charge is 0.0409 e. The summed E-state index contributed by atoms with van der Waals surface area (Å²) in [5, 5.41) is 3.13. The Morgan fingerprint density at radius 3 is 3.00 bits per heavy atom. The molecule has 0 radical (unpaired) electrons. The van der Waals surface area contributed by atoms with E-state index in [1.54, 1.807) is 11.5 Å². The molecular weight excluding hydrogens is 192 g/mol. The molecule has 0 fully saturated rings. The Morgan fingerprint density at radius 1 is 1.36 bits per heavy atom. The first-order valence-corrected chi connectivity index (χ1v) is 5.32. The molecule has 0 unspecified atom stereocenters. The summed E-state index contributed by atoms with van der Waals surface area (Å²) >= 11 is 1.56. The van der Waals surface area contributed by atoms with Gasteiger partial charge >= 0.3 is 0 Å². The quantitative estimate of drug-likeness (QED) is 0.831. The first-order chi connectivity index (χ1) is 6.88. The summed E-state index contributed by atoms with van der Waals surface area (Å²) in [6, 6.07) is 10.5. The van der Waals surface area contributed by atoms with Crippen LogP contribution < -0.4 is 5.32 Å². The Balaban J connectivity index is 2.17. The van der Waals surface area contributed by atoms with Crippen molar-refractivity contribution in [1.82, 2.24) is 4.37 Å². The van der Waals surface area contributed by atoms with Crippen LogP contribution in [-0.2, 0) is 6.42 Å². The van der Waals surface area contributed by atoms with Crippen molar-refractivity contribution < 1.29 is 0 Å². The predicted molar refractivity (Wildman–Crippen MR) is 60.9 cm³/mol. The van der Waals surface area contributed by atoms with Crippen molar-refractivity contribution in [2.45, 2.75) is 6.42 Å². The molecule has 2 nitrogen and oxygen atoms in total. The average Bonchev–Trinajstić information content (AvgIpc) is 2.71. The first-order valence-electron chi connectivity index (χ1n) is 4.55. The normalized spacial score (nSPS) is 10.1. The standard InChI is InChI=1S/C11H12N2S/c1-12-10-4-2-3-9(7-10)8-11-5-6-13-14-11/h2-7,12H,8H2,1H3. The lowest BCUT2D eigenvalue weighted by atomic mass is 10.1. The Hall–Kier alpha value is -1.35. The third-order valence-electron chi connectivity index (χ3n) is 2.09. The molecule has 0 saturated heterocycles. The molecule has 2 rings (SSSR count). The van der Waals surface area contributed by atoms with Crippen molar-refractivity contribution in [1.29, 1.82) is 0 Å². The van der Waals surface area contributed by atoms with Crippen LogP contribution >= 0.6 is 11.5 Å². The fraction of sp³-hybridized carbons (Fsp3) is 0.182. The maximum atomic E-state index is 4.09. The van der Waals surface area contributed by atoms with E-state index in [1.165, 1.54) is 10.4 Å². The van der Waals surface area contributed by atoms with Crippen LogP contribution in [0.4, 0.5) is 5.69 Å². The molecular formula is C11H12N2S. The zero-order valence-electron chi connectivity index (χ0n) is 8.03. The zero-order valence-corrected chi connectivity index (χ0v) is 8.84. The fourth-order valence-corrected chi connectivity index (χ4v) is 1.98. The molecule has 0 saturated carbocycles. The molecule has 0 aliphatic carbocycles. The van der Waals surface area contributed by atoms with E-state index in [0.29, 0.717) is 0 Å². The second-order valence-electron chi connectivity index (χ2n) is 3.11. The summed E-state index contributed by atoms with van der Waals surface area (Å²) < 4.78 is 4.09. The topological polar surface area (TPSA) is 24.9 Å². The number of hydrogen-bond donors (Lipinski definition) is 1. The van der Waals surface area contributed by atoms with Gasteiger partial charge in [-0.05, 0) is 35.3 Å². The fourth-order valence-electron chi connectivity index (χ4n) is 1.37. The lowest BCUT2D eigenvalue weighted by molar-refractivity contribution is 1.24. The average molecular weight is 204 g/mol. The van der Waals surface area contributed by atoms with Crippen molar-refractivity contribution in [3.63, 3.8) is 0 Å². The molecule has 1 aromatic heterocycles. The van der Waals surface area contributed by atoms with Gasteiger partial charge < -0.3 is 5.32 Å². The molecule has 1 N–H and O–H groups in total. The SMILES string of the molecule is CNc1cccc(Cc2ccns2)c1. The molecule has 2 aromatic rings. The van der Waals surface area contributed by atoms with E-state index >= 15 is 0 Å². The highest BCUT2D eigenvalue weighted by Gasteiger charge is 1.98. The number of aromatic nitrogens is 1. The molecule has 72 valence electrons. The molecule has 14 heavy (non-hydrogen) atoms. The molecule has 0 aliphatic rings. The van der Waals surface area contributed by atoms with Crippen LogP contribution in [0.25, 0.3) is 0 Å². The largest absolute Gasteiger partial charge is 0.388 e. The number of nitrogens with one attached hydrogen (secondary N) is 1. The minimum Gasteiger partial charge on any atom is -0.388 e. The van der Waals surface area contributed by atoms with Crippen molar-refractivity contribution in [3.05, 3.63) is 47.0 Å². The summed E-state index contributed by atoms with van der Waals surface area (Å²) in [4.78, 5) is 1.30. The van der Waals surface area contributed by atoms with Gasteiger partial charge in [0, 0.05) is 30.2 Å². The van der Waals surface area contributed by atoms with Crippen LogP contribution in [0, 0.1) is 0 Å². The second kappa shape index (κ2) is 4.24. The van der Waals surface area contributed by atoms with Crippen LogP contribution in [0.1, 0.15) is 10.4 Å². The highest BCUT2D eigenvalue weighted by molar-refractivity contribution is 7.05. The predicted octanol–water partition coefficient (Wildman–Crippen LogP) is 2.78. The van der Waals surface area contributed by atoms with Gasteiger partial charge in [0.1, 0.15) is 0 Å². The van der Waals surface area contributed by atoms with Gasteiger partial charge in [0.15, 0.2) is 0 Å². The highest BCUT2D eigenvalue weighted by atomic mass is 32.1. The van der Waals surface area contributed by atoms with Crippen molar-refractivity contribution in [2.75, 3.05) is 12.4 Å². The maximum Gasteiger partial charge on any atom is 0.0409 e. The second-order valence-corrected chi connectivity index (χ2v) is 4.02. The van der Waals surface area contributed by atoms with Gasteiger partial charge in [-0.3, -0.25) is 0 Å². The van der Waals surface area contributed by atoms with E-state index < -0.39 is 0 Å². The summed E-state index contributed by atoms with van der Waals surface area (Å²) in [5.74, 6) is 0. The van der Waals surface area contributed by atoms with Gasteiger partial charge in [-0.2, -0.15) is 0 Å². The van der Waals surface area contributed by atoms with Gasteiger partial charge in [0.05, 0.1) is 0 Å². The minimum absolute atomic E-state index is 0.972. The van der Waals surface area contributed by atoms with Crippen LogP contribution in [0.5, 0.6) is 0 Å². The van der Waals surface area contributed by atoms with Gasteiger partial charge in [-0.15, -0.1) is 0 Å². The van der Waals surface area contributed by atoms with Gasteiger partial charge in [-0.25, -0.2) is 4.37 Å². The Labute approximate surface area is 87.8 Å². The molecule has 0 spiro atoms. The summed E-state index contributed by atoms with van der Waals surface area (Å²) in [6.45, 7) is 0. The molecule has 0 aliphatic heterocycles. The third-order valence-corrected chi connectivity index (χ3v) is 2.83. The molecule has 0 atom stereocenters. The summed E-state index contributed by atoms with van der Waals surface area (Å²) in [6.07, 6.45) is 2.82. The van der Waals surface area contributed by atoms with E-state index in [1.807, 2.05) is 13.2 Å². The first kappa shape index (κ1) is 9.21. The molecule has 1 aromatic carbocycles. The highest BCUT2D eigenvalue weighted by Crippen LogP contribution is 2.15. The molecule has 1 heterocycles. The van der Waals surface area contributed by atoms with E-state index in [9.17, 15) is 0 Å². The number of anilines is 1. The lowest BCUT2D eigenvalue weighted by Crippen LogP contribution is -1.90. The monoisotopic (exact) mass is 204 g/mol. The van der Waals surface area contributed by atoms with Gasteiger partial charge in [0.2, 0.25) is 0 Å². The number of nitrogens with zero attached hydrogens (tertiary/aromatic N) is 1. The van der Waals surface area contributed by atoms with Crippen LogP contribution in [-0.4, -0.2) is 11.4 Å². The number of benzene rings is 1. The van der Waals surface area contributed by atoms with Crippen LogP contribution in [0.15, 0.2) is 36.5 Å². The van der Waals surface area contributed by atoms with E-state index in [2.05, 4.69) is 40.0 Å². The molecule has 0 bridgehead atoms. The van der Waals surface area contributed by atoms with Crippen molar-refractivity contribution in [3.8, 4) is 0 Å². The van der Waals surface area contributed by atoms with Gasteiger partial charge in [0.25, 0.3) is 0 Å². The van der Waals surface area contributed by atoms with Crippen molar-refractivity contribution >= 4 is 17.2 Å². The summed E-state index contributed by atoms with van der Waals surface area (Å²) in [5.41, 5.74) is 2.48. The minimum atomic E-state index is 0.972. The number of rotatable bonds is 3. The molecule has 3 heteroatoms. The van der Waals surface area contributed by atoms with Crippen LogP contribution in [0.3, 0.4) is 0 Å². The lowest BCUT2D eigenvalue weighted by Gasteiger charge is -2.02. The Morgan fingerprint density at radius 2 is 2.29 bits per heavy atom. The molecule has 0 amide bonds. The van der Waals surface area contributed by atoms with E-state index in [4.69, 9.17) is 0 Å².